The molecule has 2 unspecified atom stereocenters. The minimum Gasteiger partial charge on any atom is -0.416 e. The van der Waals surface area contributed by atoms with Gasteiger partial charge in [-0.15, -0.1) is 11.3 Å². The summed E-state index contributed by atoms with van der Waals surface area (Å²) in [5, 5.41) is 0.652. The van der Waals surface area contributed by atoms with Crippen LogP contribution in [0.1, 0.15) is 51.1 Å². The van der Waals surface area contributed by atoms with Crippen LogP contribution < -0.4 is 4.74 Å². The first-order valence-corrected chi connectivity index (χ1v) is 11.7. The lowest BCUT2D eigenvalue weighted by Crippen LogP contribution is -2.47. The van der Waals surface area contributed by atoms with Crippen LogP contribution in [0.3, 0.4) is 0 Å². The molecule has 8 heteroatoms. The van der Waals surface area contributed by atoms with Gasteiger partial charge < -0.3 is 9.47 Å². The van der Waals surface area contributed by atoms with E-state index in [2.05, 4.69) is 47.3 Å². The summed E-state index contributed by atoms with van der Waals surface area (Å²) in [5.41, 5.74) is 1.62. The van der Waals surface area contributed by atoms with E-state index in [0.717, 1.165) is 49.7 Å². The SMILES string of the molecule is CCCOC1CC(C(C)(C)C)CN(Cc2sc(-c3cccnc3OC(F)F)nc2C)C1. The predicted molar refractivity (Wildman–Crippen MR) is 120 cm³/mol. The van der Waals surface area contributed by atoms with Gasteiger partial charge in [-0.05, 0) is 43.2 Å². The minimum absolute atomic E-state index is 0.0865. The van der Waals surface area contributed by atoms with Crippen LogP contribution in [0, 0.1) is 18.3 Å². The highest BCUT2D eigenvalue weighted by atomic mass is 32.1. The molecule has 1 saturated heterocycles. The van der Waals surface area contributed by atoms with Crippen LogP contribution in [0.2, 0.25) is 0 Å². The van der Waals surface area contributed by atoms with Crippen molar-refractivity contribution in [2.75, 3.05) is 19.7 Å². The number of aryl methyl sites for hydroxylation is 1. The van der Waals surface area contributed by atoms with Crippen molar-refractivity contribution in [3.63, 3.8) is 0 Å². The molecular weight excluding hydrogens is 420 g/mol. The summed E-state index contributed by atoms with van der Waals surface area (Å²) < 4.78 is 36.3. The maximum atomic E-state index is 12.8. The number of pyridine rings is 1. The molecule has 0 bridgehead atoms. The fourth-order valence-corrected chi connectivity index (χ4v) is 5.05. The largest absolute Gasteiger partial charge is 0.416 e. The van der Waals surface area contributed by atoms with E-state index >= 15 is 0 Å². The molecule has 0 amide bonds. The molecule has 3 heterocycles. The number of hydrogen-bond donors (Lipinski definition) is 0. The highest BCUT2D eigenvalue weighted by molar-refractivity contribution is 7.15. The Morgan fingerprint density at radius 3 is 2.74 bits per heavy atom. The van der Waals surface area contributed by atoms with Gasteiger partial charge in [0.25, 0.3) is 0 Å². The monoisotopic (exact) mass is 453 g/mol. The number of hydrogen-bond acceptors (Lipinski definition) is 6. The highest BCUT2D eigenvalue weighted by Crippen LogP contribution is 2.37. The lowest BCUT2D eigenvalue weighted by Gasteiger charge is -2.43. The first kappa shape index (κ1) is 24.0. The molecule has 0 aliphatic carbocycles. The van der Waals surface area contributed by atoms with Gasteiger partial charge in [0.1, 0.15) is 5.01 Å². The average molecular weight is 454 g/mol. The Balaban J connectivity index is 1.79. The van der Waals surface area contributed by atoms with Crippen LogP contribution in [0.25, 0.3) is 10.6 Å². The summed E-state index contributed by atoms with van der Waals surface area (Å²) in [6.07, 6.45) is 3.77. The summed E-state index contributed by atoms with van der Waals surface area (Å²) >= 11 is 1.52. The Hall–Kier alpha value is -1.64. The lowest BCUT2D eigenvalue weighted by molar-refractivity contribution is -0.0524. The van der Waals surface area contributed by atoms with E-state index in [1.165, 1.54) is 17.5 Å². The van der Waals surface area contributed by atoms with Crippen molar-refractivity contribution in [2.45, 2.75) is 66.7 Å². The second kappa shape index (κ2) is 10.3. The zero-order valence-electron chi connectivity index (χ0n) is 19.0. The van der Waals surface area contributed by atoms with E-state index < -0.39 is 6.61 Å². The maximum absolute atomic E-state index is 12.8. The molecule has 172 valence electrons. The van der Waals surface area contributed by atoms with Crippen molar-refractivity contribution >= 4 is 11.3 Å². The molecule has 5 nitrogen and oxygen atoms in total. The van der Waals surface area contributed by atoms with Gasteiger partial charge in [-0.3, -0.25) is 4.90 Å². The van der Waals surface area contributed by atoms with Crippen LogP contribution in [0.4, 0.5) is 8.78 Å². The van der Waals surface area contributed by atoms with E-state index in [1.54, 1.807) is 12.1 Å². The van der Waals surface area contributed by atoms with Crippen molar-refractivity contribution in [2.24, 2.45) is 11.3 Å². The fourth-order valence-electron chi connectivity index (χ4n) is 3.93. The number of thiazole rings is 1. The molecule has 31 heavy (non-hydrogen) atoms. The molecule has 0 N–H and O–H groups in total. The Kier molecular flexibility index (Phi) is 7.99. The first-order chi connectivity index (χ1) is 14.7. The summed E-state index contributed by atoms with van der Waals surface area (Å²) in [7, 11) is 0. The summed E-state index contributed by atoms with van der Waals surface area (Å²) in [6, 6.07) is 3.43. The van der Waals surface area contributed by atoms with Gasteiger partial charge in [0, 0.05) is 37.3 Å². The molecule has 1 aliphatic rings. The van der Waals surface area contributed by atoms with Crippen molar-refractivity contribution in [1.29, 1.82) is 0 Å². The molecular formula is C23H33F2N3O2S. The maximum Gasteiger partial charge on any atom is 0.388 e. The smallest absolute Gasteiger partial charge is 0.388 e. The van der Waals surface area contributed by atoms with Gasteiger partial charge in [0.2, 0.25) is 5.88 Å². The van der Waals surface area contributed by atoms with E-state index in [1.807, 2.05) is 6.92 Å². The number of piperidine rings is 1. The van der Waals surface area contributed by atoms with Crippen molar-refractivity contribution in [3.05, 3.63) is 28.9 Å². The molecule has 2 aromatic heterocycles. The summed E-state index contributed by atoms with van der Waals surface area (Å²) in [6.45, 7) is 11.5. The van der Waals surface area contributed by atoms with Crippen molar-refractivity contribution in [1.82, 2.24) is 14.9 Å². The molecule has 2 aromatic rings. The van der Waals surface area contributed by atoms with Gasteiger partial charge >= 0.3 is 6.61 Å². The van der Waals surface area contributed by atoms with Gasteiger partial charge in [-0.25, -0.2) is 9.97 Å². The van der Waals surface area contributed by atoms with Gasteiger partial charge in [0.05, 0.1) is 17.4 Å². The topological polar surface area (TPSA) is 47.5 Å². The third-order valence-electron chi connectivity index (χ3n) is 5.73. The molecule has 3 rings (SSSR count). The molecule has 0 radical (unpaired) electrons. The Morgan fingerprint density at radius 1 is 1.29 bits per heavy atom. The third-order valence-corrected chi connectivity index (χ3v) is 6.91. The first-order valence-electron chi connectivity index (χ1n) is 10.9. The van der Waals surface area contributed by atoms with Gasteiger partial charge in [-0.1, -0.05) is 27.7 Å². The molecule has 1 fully saturated rings. The molecule has 1 aliphatic heterocycles. The van der Waals surface area contributed by atoms with Crippen LogP contribution >= 0.6 is 11.3 Å². The zero-order chi connectivity index (χ0) is 22.6. The number of aromatic nitrogens is 2. The van der Waals surface area contributed by atoms with Crippen LogP contribution in [-0.2, 0) is 11.3 Å². The Bertz CT molecular complexity index is 854. The molecule has 2 atom stereocenters. The van der Waals surface area contributed by atoms with Crippen LogP contribution in [-0.4, -0.2) is 47.3 Å². The second-order valence-corrected chi connectivity index (χ2v) is 10.3. The number of halogens is 2. The summed E-state index contributed by atoms with van der Waals surface area (Å²) in [4.78, 5) is 12.2. The quantitative estimate of drug-likeness (QED) is 0.507. The van der Waals surface area contributed by atoms with E-state index in [4.69, 9.17) is 4.74 Å². The average Bonchev–Trinajstić information content (AvgIpc) is 3.05. The van der Waals surface area contributed by atoms with Crippen molar-refractivity contribution in [3.8, 4) is 16.5 Å². The van der Waals surface area contributed by atoms with Crippen LogP contribution in [0.5, 0.6) is 5.88 Å². The Morgan fingerprint density at radius 2 is 2.06 bits per heavy atom. The lowest BCUT2D eigenvalue weighted by atomic mass is 9.75. The van der Waals surface area contributed by atoms with Gasteiger partial charge in [-0.2, -0.15) is 8.78 Å². The minimum atomic E-state index is -2.92. The predicted octanol–water partition coefficient (Wildman–Crippen LogP) is 5.78. The number of likely N-dealkylation sites (tertiary alicyclic amines) is 1. The second-order valence-electron chi connectivity index (χ2n) is 9.25. The number of ether oxygens (including phenoxy) is 2. The highest BCUT2D eigenvalue weighted by Gasteiger charge is 2.35. The van der Waals surface area contributed by atoms with E-state index in [9.17, 15) is 8.78 Å². The number of rotatable bonds is 8. The Labute approximate surface area is 187 Å². The number of alkyl halides is 2. The van der Waals surface area contributed by atoms with Crippen LogP contribution in [0.15, 0.2) is 18.3 Å². The summed E-state index contributed by atoms with van der Waals surface area (Å²) in [5.74, 6) is 0.455. The molecule has 0 saturated carbocycles. The molecule has 0 aromatic carbocycles. The standard InChI is InChI=1S/C23H33F2N3O2S/c1-6-10-29-17-11-16(23(3,4)5)12-28(13-17)14-19-15(2)27-21(31-19)18-8-7-9-26-20(18)30-22(24)25/h7-9,16-17,22H,6,10-14H2,1-5H3. The van der Waals surface area contributed by atoms with Crippen molar-refractivity contribution < 1.29 is 18.3 Å². The number of nitrogens with zero attached hydrogens (tertiary/aromatic N) is 3. The third kappa shape index (κ3) is 6.43. The van der Waals surface area contributed by atoms with Gasteiger partial charge in [0.15, 0.2) is 0 Å². The fraction of sp³-hybridized carbons (Fsp3) is 0.652. The molecule has 0 spiro atoms. The zero-order valence-corrected chi connectivity index (χ0v) is 19.8. The van der Waals surface area contributed by atoms with E-state index in [0.29, 0.717) is 16.5 Å². The normalized spacial score (nSPS) is 20.4. The van der Waals surface area contributed by atoms with E-state index in [-0.39, 0.29) is 17.4 Å².